The van der Waals surface area contributed by atoms with E-state index in [0.717, 1.165) is 56.1 Å². The minimum Gasteiger partial charge on any atom is -0.493 e. The van der Waals surface area contributed by atoms with Crippen molar-refractivity contribution in [3.8, 4) is 11.5 Å². The molecule has 2 rings (SSSR count). The monoisotopic (exact) mass is 333 g/mol. The fourth-order valence-corrected chi connectivity index (χ4v) is 3.19. The molecule has 0 saturated carbocycles. The second kappa shape index (κ2) is 9.70. The summed E-state index contributed by atoms with van der Waals surface area (Å²) in [6.07, 6.45) is 6.92. The van der Waals surface area contributed by atoms with Crippen LogP contribution >= 0.6 is 0 Å². The summed E-state index contributed by atoms with van der Waals surface area (Å²) in [5.74, 6) is 1.61. The van der Waals surface area contributed by atoms with Gasteiger partial charge in [0, 0.05) is 13.1 Å². The van der Waals surface area contributed by atoms with Gasteiger partial charge in [-0.2, -0.15) is 0 Å². The van der Waals surface area contributed by atoms with Gasteiger partial charge in [0.25, 0.3) is 0 Å². The van der Waals surface area contributed by atoms with Crippen LogP contribution in [0.1, 0.15) is 39.2 Å². The van der Waals surface area contributed by atoms with Gasteiger partial charge in [0.2, 0.25) is 0 Å². The summed E-state index contributed by atoms with van der Waals surface area (Å²) in [5.41, 5.74) is 1.12. The molecule has 4 nitrogen and oxygen atoms in total. The molecule has 134 valence electrons. The Morgan fingerprint density at radius 2 is 1.92 bits per heavy atom. The van der Waals surface area contributed by atoms with Crippen molar-refractivity contribution in [1.82, 2.24) is 4.90 Å². The molecule has 0 aromatic heterocycles. The number of hydrogen-bond acceptors (Lipinski definition) is 4. The number of methoxy groups -OCH3 is 1. The minimum absolute atomic E-state index is 0.338. The van der Waals surface area contributed by atoms with Gasteiger partial charge >= 0.3 is 0 Å². The molecule has 0 bridgehead atoms. The summed E-state index contributed by atoms with van der Waals surface area (Å²) >= 11 is 0. The summed E-state index contributed by atoms with van der Waals surface area (Å²) in [5, 5.41) is 0. The number of rotatable bonds is 8. The van der Waals surface area contributed by atoms with Crippen LogP contribution in [0.5, 0.6) is 11.5 Å². The Morgan fingerprint density at radius 3 is 2.58 bits per heavy atom. The van der Waals surface area contributed by atoms with E-state index in [9.17, 15) is 0 Å². The zero-order chi connectivity index (χ0) is 17.4. The molecule has 0 N–H and O–H groups in total. The van der Waals surface area contributed by atoms with Crippen LogP contribution in [-0.4, -0.2) is 50.5 Å². The highest BCUT2D eigenvalue weighted by molar-refractivity contribution is 5.55. The molecular formula is C20H31NO3. The molecule has 0 aliphatic carbocycles. The van der Waals surface area contributed by atoms with Gasteiger partial charge in [-0.15, -0.1) is 0 Å². The van der Waals surface area contributed by atoms with Crippen LogP contribution < -0.4 is 9.47 Å². The first-order valence-electron chi connectivity index (χ1n) is 8.93. The molecule has 1 aliphatic heterocycles. The summed E-state index contributed by atoms with van der Waals surface area (Å²) in [4.78, 5) is 2.49. The lowest BCUT2D eigenvalue weighted by Gasteiger charge is -2.35. The smallest absolute Gasteiger partial charge is 0.161 e. The number of hydrogen-bond donors (Lipinski definition) is 0. The van der Waals surface area contributed by atoms with Crippen LogP contribution in [-0.2, 0) is 4.74 Å². The third-order valence-electron chi connectivity index (χ3n) is 4.17. The second-order valence-electron chi connectivity index (χ2n) is 6.48. The Morgan fingerprint density at radius 1 is 1.17 bits per heavy atom. The highest BCUT2D eigenvalue weighted by atomic mass is 16.5. The lowest BCUT2D eigenvalue weighted by atomic mass is 10.2. The highest BCUT2D eigenvalue weighted by Crippen LogP contribution is 2.28. The van der Waals surface area contributed by atoms with E-state index in [1.807, 2.05) is 31.2 Å². The van der Waals surface area contributed by atoms with Crippen LogP contribution in [0.3, 0.4) is 0 Å². The second-order valence-corrected chi connectivity index (χ2v) is 6.48. The van der Waals surface area contributed by atoms with E-state index in [0.29, 0.717) is 12.2 Å². The van der Waals surface area contributed by atoms with E-state index in [1.54, 1.807) is 7.11 Å². The lowest BCUT2D eigenvalue weighted by molar-refractivity contribution is -0.0682. The molecule has 1 aliphatic rings. The van der Waals surface area contributed by atoms with Crippen LogP contribution in [0.2, 0.25) is 0 Å². The van der Waals surface area contributed by atoms with Gasteiger partial charge in [-0.3, -0.25) is 4.90 Å². The third-order valence-corrected chi connectivity index (χ3v) is 4.17. The van der Waals surface area contributed by atoms with E-state index in [4.69, 9.17) is 14.2 Å². The molecule has 1 saturated heterocycles. The standard InChI is InChI=1S/C20H31NO3/c1-5-8-18-9-10-19(20(13-18)22-4)23-12-7-6-11-21-14-16(2)24-17(3)15-21/h5,8-10,13,16-17H,6-7,11-12,14-15H2,1-4H3/b8-5+. The van der Waals surface area contributed by atoms with Gasteiger partial charge in [0.1, 0.15) is 0 Å². The molecule has 24 heavy (non-hydrogen) atoms. The van der Waals surface area contributed by atoms with Gasteiger partial charge in [0.05, 0.1) is 25.9 Å². The average Bonchev–Trinajstić information content (AvgIpc) is 2.55. The largest absolute Gasteiger partial charge is 0.493 e. The summed E-state index contributed by atoms with van der Waals surface area (Å²) in [6.45, 7) is 10.2. The molecule has 0 amide bonds. The highest BCUT2D eigenvalue weighted by Gasteiger charge is 2.21. The Bertz CT molecular complexity index is 520. The fraction of sp³-hybridized carbons (Fsp3) is 0.600. The average molecular weight is 333 g/mol. The molecule has 1 heterocycles. The maximum Gasteiger partial charge on any atom is 0.161 e. The molecule has 0 radical (unpaired) electrons. The van der Waals surface area contributed by atoms with Gasteiger partial charge in [-0.1, -0.05) is 18.2 Å². The van der Waals surface area contributed by atoms with Crippen molar-refractivity contribution in [2.75, 3.05) is 33.4 Å². The molecule has 1 fully saturated rings. The zero-order valence-electron chi connectivity index (χ0n) is 15.5. The predicted molar refractivity (Wildman–Crippen MR) is 98.9 cm³/mol. The number of morpholine rings is 1. The van der Waals surface area contributed by atoms with E-state index in [1.165, 1.54) is 0 Å². The Hall–Kier alpha value is -1.52. The summed E-state index contributed by atoms with van der Waals surface area (Å²) < 4.78 is 17.1. The fourth-order valence-electron chi connectivity index (χ4n) is 3.19. The van der Waals surface area contributed by atoms with Gasteiger partial charge in [0.15, 0.2) is 11.5 Å². The predicted octanol–water partition coefficient (Wildman–Crippen LogP) is 4.00. The van der Waals surface area contributed by atoms with Crippen molar-refractivity contribution in [1.29, 1.82) is 0 Å². The van der Waals surface area contributed by atoms with E-state index < -0.39 is 0 Å². The SMILES string of the molecule is C/C=C/c1ccc(OCCCCN2CC(C)OC(C)C2)c(OC)c1. The van der Waals surface area contributed by atoms with Crippen LogP contribution in [0, 0.1) is 0 Å². The van der Waals surface area contributed by atoms with Crippen LogP contribution in [0.25, 0.3) is 6.08 Å². The Labute approximate surface area is 146 Å². The number of benzene rings is 1. The number of ether oxygens (including phenoxy) is 3. The van der Waals surface area contributed by atoms with Gasteiger partial charge in [-0.05, 0) is 57.9 Å². The van der Waals surface area contributed by atoms with E-state index in [2.05, 4.69) is 24.8 Å². The Kier molecular flexibility index (Phi) is 7.60. The van der Waals surface area contributed by atoms with Crippen LogP contribution in [0.15, 0.2) is 24.3 Å². The van der Waals surface area contributed by atoms with Crippen molar-refractivity contribution in [3.63, 3.8) is 0 Å². The normalized spacial score (nSPS) is 22.0. The van der Waals surface area contributed by atoms with Gasteiger partial charge in [-0.25, -0.2) is 0 Å². The molecule has 1 aromatic carbocycles. The van der Waals surface area contributed by atoms with Gasteiger partial charge < -0.3 is 14.2 Å². The topological polar surface area (TPSA) is 30.9 Å². The summed E-state index contributed by atoms with van der Waals surface area (Å²) in [7, 11) is 1.68. The van der Waals surface area contributed by atoms with Crippen molar-refractivity contribution in [2.24, 2.45) is 0 Å². The maximum absolute atomic E-state index is 5.90. The lowest BCUT2D eigenvalue weighted by Crippen LogP contribution is -2.45. The van der Waals surface area contributed by atoms with Crippen molar-refractivity contribution >= 4 is 6.08 Å². The minimum atomic E-state index is 0.338. The Balaban J connectivity index is 1.72. The first-order valence-corrected chi connectivity index (χ1v) is 8.93. The maximum atomic E-state index is 5.90. The van der Waals surface area contributed by atoms with Crippen molar-refractivity contribution in [3.05, 3.63) is 29.8 Å². The van der Waals surface area contributed by atoms with Crippen molar-refractivity contribution < 1.29 is 14.2 Å². The summed E-state index contributed by atoms with van der Waals surface area (Å²) in [6, 6.07) is 6.04. The first kappa shape index (κ1) is 18.8. The number of unbranched alkanes of at least 4 members (excludes halogenated alkanes) is 1. The third kappa shape index (κ3) is 5.84. The molecule has 0 spiro atoms. The first-order chi connectivity index (χ1) is 11.6. The van der Waals surface area contributed by atoms with Crippen molar-refractivity contribution in [2.45, 2.75) is 45.8 Å². The molecular weight excluding hydrogens is 302 g/mol. The molecule has 4 heteroatoms. The molecule has 2 unspecified atom stereocenters. The molecule has 1 aromatic rings. The molecule has 2 atom stereocenters. The zero-order valence-corrected chi connectivity index (χ0v) is 15.5. The van der Waals surface area contributed by atoms with E-state index in [-0.39, 0.29) is 0 Å². The van der Waals surface area contributed by atoms with Crippen LogP contribution in [0.4, 0.5) is 0 Å². The number of nitrogens with zero attached hydrogens (tertiary/aromatic N) is 1. The quantitative estimate of drug-likeness (QED) is 0.673. The van der Waals surface area contributed by atoms with E-state index >= 15 is 0 Å². The number of allylic oxidation sites excluding steroid dienone is 1.